The fraction of sp³-hybridized carbons (Fsp3) is 0.385. The van der Waals surface area contributed by atoms with Crippen molar-refractivity contribution in [3.63, 3.8) is 0 Å². The first-order valence-electron chi connectivity index (χ1n) is 6.42. The number of hydrogen-bond acceptors (Lipinski definition) is 4. The lowest BCUT2D eigenvalue weighted by atomic mass is 10.3. The lowest BCUT2D eigenvalue weighted by Crippen LogP contribution is -2.26. The van der Waals surface area contributed by atoms with Crippen molar-refractivity contribution in [3.05, 3.63) is 45.6 Å². The van der Waals surface area contributed by atoms with E-state index < -0.39 is 5.97 Å². The molecule has 106 valence electrons. The maximum absolute atomic E-state index is 11.8. The predicted octanol–water partition coefficient (Wildman–Crippen LogP) is 0.769. The number of nitrogens with zero attached hydrogens (tertiary/aromatic N) is 4. The van der Waals surface area contributed by atoms with Gasteiger partial charge in [-0.25, -0.2) is 9.48 Å². The Hall–Kier alpha value is -2.44. The van der Waals surface area contributed by atoms with Crippen LogP contribution in [0.4, 0.5) is 0 Å². The number of carbonyl (C=O) groups is 1. The van der Waals surface area contributed by atoms with Gasteiger partial charge in [0.2, 0.25) is 0 Å². The Balaban J connectivity index is 2.38. The molecule has 0 fully saturated rings. The van der Waals surface area contributed by atoms with E-state index in [0.29, 0.717) is 6.54 Å². The zero-order valence-electron chi connectivity index (χ0n) is 11.4. The highest BCUT2D eigenvalue weighted by Crippen LogP contribution is 2.06. The summed E-state index contributed by atoms with van der Waals surface area (Å²) in [6.07, 6.45) is 0.803. The molecule has 20 heavy (non-hydrogen) atoms. The average molecular weight is 276 g/mol. The van der Waals surface area contributed by atoms with Crippen LogP contribution in [-0.4, -0.2) is 30.6 Å². The minimum atomic E-state index is -1.16. The van der Waals surface area contributed by atoms with Crippen molar-refractivity contribution in [2.45, 2.75) is 33.4 Å². The van der Waals surface area contributed by atoms with Gasteiger partial charge in [0.05, 0.1) is 17.9 Å². The first kappa shape index (κ1) is 14.0. The molecule has 0 saturated carbocycles. The van der Waals surface area contributed by atoms with E-state index in [9.17, 15) is 9.59 Å². The van der Waals surface area contributed by atoms with Crippen LogP contribution < -0.4 is 5.56 Å². The summed E-state index contributed by atoms with van der Waals surface area (Å²) in [6.45, 7) is 4.85. The molecule has 0 aliphatic rings. The van der Waals surface area contributed by atoms with Gasteiger partial charge in [-0.1, -0.05) is 6.92 Å². The third-order valence-corrected chi connectivity index (χ3v) is 2.97. The van der Waals surface area contributed by atoms with Gasteiger partial charge in [-0.3, -0.25) is 9.48 Å². The molecule has 2 aromatic rings. The van der Waals surface area contributed by atoms with Crippen molar-refractivity contribution in [3.8, 4) is 0 Å². The summed E-state index contributed by atoms with van der Waals surface area (Å²) in [5.41, 5.74) is 1.28. The number of rotatable bonds is 5. The molecule has 7 heteroatoms. The first-order valence-corrected chi connectivity index (χ1v) is 6.42. The van der Waals surface area contributed by atoms with Crippen LogP contribution in [0.3, 0.4) is 0 Å². The van der Waals surface area contributed by atoms with E-state index in [1.807, 2.05) is 19.9 Å². The lowest BCUT2D eigenvalue weighted by molar-refractivity contribution is 0.0687. The third kappa shape index (κ3) is 2.76. The molecular formula is C13H16N4O3. The van der Waals surface area contributed by atoms with Crippen LogP contribution in [0.15, 0.2) is 23.0 Å². The summed E-state index contributed by atoms with van der Waals surface area (Å²) in [5, 5.41) is 17.1. The van der Waals surface area contributed by atoms with E-state index in [0.717, 1.165) is 22.5 Å². The number of aryl methyl sites for hydroxylation is 2. The van der Waals surface area contributed by atoms with Crippen molar-refractivity contribution in [2.75, 3.05) is 0 Å². The van der Waals surface area contributed by atoms with Crippen LogP contribution in [0.5, 0.6) is 0 Å². The van der Waals surface area contributed by atoms with Crippen molar-refractivity contribution in [1.82, 2.24) is 19.6 Å². The van der Waals surface area contributed by atoms with Crippen molar-refractivity contribution < 1.29 is 9.90 Å². The molecule has 2 rings (SSSR count). The third-order valence-electron chi connectivity index (χ3n) is 2.97. The molecule has 0 aliphatic heterocycles. The zero-order valence-corrected chi connectivity index (χ0v) is 11.4. The SMILES string of the molecule is CCc1cc(Cn2nc(C(=O)O)ccc2=O)n(CC)n1. The molecular weight excluding hydrogens is 260 g/mol. The quantitative estimate of drug-likeness (QED) is 0.871. The second-order valence-electron chi connectivity index (χ2n) is 4.32. The summed E-state index contributed by atoms with van der Waals surface area (Å²) < 4.78 is 2.94. The van der Waals surface area contributed by atoms with Gasteiger partial charge in [0.15, 0.2) is 5.69 Å². The van der Waals surface area contributed by atoms with Gasteiger partial charge in [0.1, 0.15) is 0 Å². The van der Waals surface area contributed by atoms with Gasteiger partial charge in [0, 0.05) is 12.6 Å². The highest BCUT2D eigenvalue weighted by atomic mass is 16.4. The summed E-state index contributed by atoms with van der Waals surface area (Å²) in [6, 6.07) is 4.32. The molecule has 0 saturated heterocycles. The summed E-state index contributed by atoms with van der Waals surface area (Å²) in [5.74, 6) is -1.16. The van der Waals surface area contributed by atoms with E-state index in [1.54, 1.807) is 4.68 Å². The molecule has 0 bridgehead atoms. The Labute approximate surface area is 115 Å². The molecule has 0 unspecified atom stereocenters. The summed E-state index contributed by atoms with van der Waals surface area (Å²) in [7, 11) is 0. The lowest BCUT2D eigenvalue weighted by Gasteiger charge is -2.06. The fourth-order valence-corrected chi connectivity index (χ4v) is 1.92. The van der Waals surface area contributed by atoms with Crippen LogP contribution in [0, 0.1) is 0 Å². The zero-order chi connectivity index (χ0) is 14.7. The number of carboxylic acid groups (broad SMARTS) is 1. The number of aromatic nitrogens is 4. The van der Waals surface area contributed by atoms with Gasteiger partial charge in [0.25, 0.3) is 5.56 Å². The maximum Gasteiger partial charge on any atom is 0.356 e. The standard InChI is InChI=1S/C13H16N4O3/c1-3-9-7-10(16(4-2)14-9)8-17-12(18)6-5-11(15-17)13(19)20/h5-7H,3-4,8H2,1-2H3,(H,19,20). The van der Waals surface area contributed by atoms with Gasteiger partial charge in [-0.05, 0) is 25.5 Å². The number of carboxylic acids is 1. The number of hydrogen-bond donors (Lipinski definition) is 1. The summed E-state index contributed by atoms with van der Waals surface area (Å²) >= 11 is 0. The molecule has 0 amide bonds. The number of aromatic carboxylic acids is 1. The minimum absolute atomic E-state index is 0.150. The largest absolute Gasteiger partial charge is 0.476 e. The van der Waals surface area contributed by atoms with E-state index in [1.165, 1.54) is 12.1 Å². The van der Waals surface area contributed by atoms with Crippen molar-refractivity contribution >= 4 is 5.97 Å². The Morgan fingerprint density at radius 1 is 1.25 bits per heavy atom. The monoisotopic (exact) mass is 276 g/mol. The Bertz CT molecular complexity index is 687. The van der Waals surface area contributed by atoms with Crippen LogP contribution in [0.1, 0.15) is 35.7 Å². The molecule has 0 radical (unpaired) electrons. The van der Waals surface area contributed by atoms with Crippen molar-refractivity contribution in [2.24, 2.45) is 0 Å². The smallest absolute Gasteiger partial charge is 0.356 e. The average Bonchev–Trinajstić information content (AvgIpc) is 2.83. The molecule has 2 aromatic heterocycles. The second kappa shape index (κ2) is 5.68. The second-order valence-corrected chi connectivity index (χ2v) is 4.32. The molecule has 0 atom stereocenters. The van der Waals surface area contributed by atoms with Crippen LogP contribution >= 0.6 is 0 Å². The fourth-order valence-electron chi connectivity index (χ4n) is 1.92. The molecule has 0 spiro atoms. The van der Waals surface area contributed by atoms with E-state index in [-0.39, 0.29) is 17.8 Å². The highest BCUT2D eigenvalue weighted by Gasteiger charge is 2.11. The van der Waals surface area contributed by atoms with Crippen LogP contribution in [0.25, 0.3) is 0 Å². The van der Waals surface area contributed by atoms with Gasteiger partial charge in [-0.2, -0.15) is 10.2 Å². The van der Waals surface area contributed by atoms with Gasteiger partial charge >= 0.3 is 5.97 Å². The minimum Gasteiger partial charge on any atom is -0.476 e. The molecule has 7 nitrogen and oxygen atoms in total. The predicted molar refractivity (Wildman–Crippen MR) is 71.8 cm³/mol. The maximum atomic E-state index is 11.8. The molecule has 0 aliphatic carbocycles. The van der Waals surface area contributed by atoms with E-state index >= 15 is 0 Å². The normalized spacial score (nSPS) is 10.7. The molecule has 2 heterocycles. The van der Waals surface area contributed by atoms with E-state index in [4.69, 9.17) is 5.11 Å². The highest BCUT2D eigenvalue weighted by molar-refractivity contribution is 5.84. The Kier molecular flexibility index (Phi) is 3.97. The topological polar surface area (TPSA) is 90.0 Å². The molecule has 1 N–H and O–H groups in total. The summed E-state index contributed by atoms with van der Waals surface area (Å²) in [4.78, 5) is 22.6. The Morgan fingerprint density at radius 3 is 2.60 bits per heavy atom. The van der Waals surface area contributed by atoms with Gasteiger partial charge in [-0.15, -0.1) is 0 Å². The van der Waals surface area contributed by atoms with Crippen molar-refractivity contribution in [1.29, 1.82) is 0 Å². The Morgan fingerprint density at radius 2 is 2.00 bits per heavy atom. The van der Waals surface area contributed by atoms with E-state index in [2.05, 4.69) is 10.2 Å². The van der Waals surface area contributed by atoms with Crippen LogP contribution in [0.2, 0.25) is 0 Å². The first-order chi connectivity index (χ1) is 9.55. The van der Waals surface area contributed by atoms with Crippen LogP contribution in [-0.2, 0) is 19.5 Å². The molecule has 0 aromatic carbocycles. The van der Waals surface area contributed by atoms with Gasteiger partial charge < -0.3 is 5.11 Å².